The number of anilines is 1. The molecule has 0 aromatic carbocycles. The summed E-state index contributed by atoms with van der Waals surface area (Å²) in [5.41, 5.74) is 1.85. The molecule has 1 aliphatic rings. The Morgan fingerprint density at radius 3 is 2.55 bits per heavy atom. The van der Waals surface area contributed by atoms with E-state index in [1.807, 2.05) is 53.1 Å². The van der Waals surface area contributed by atoms with Crippen LogP contribution in [0.25, 0.3) is 22.2 Å². The fourth-order valence-corrected chi connectivity index (χ4v) is 5.16. The minimum absolute atomic E-state index is 0.0362. The lowest BCUT2D eigenvalue weighted by atomic mass is 9.93. The van der Waals surface area contributed by atoms with Gasteiger partial charge in [0.15, 0.2) is 5.75 Å². The molecule has 4 aromatic rings. The second-order valence-corrected chi connectivity index (χ2v) is 11.3. The van der Waals surface area contributed by atoms with Crippen molar-refractivity contribution >= 4 is 22.8 Å². The summed E-state index contributed by atoms with van der Waals surface area (Å²) in [4.78, 5) is 31.6. The third kappa shape index (κ3) is 5.59. The molecule has 1 fully saturated rings. The van der Waals surface area contributed by atoms with Crippen LogP contribution < -0.4 is 15.2 Å². The lowest BCUT2D eigenvalue weighted by Crippen LogP contribution is -2.37. The number of carbonyl (C=O) groups excluding carboxylic acids is 1. The zero-order chi connectivity index (χ0) is 28.6. The molecule has 11 heteroatoms. The Labute approximate surface area is 233 Å². The van der Waals surface area contributed by atoms with Gasteiger partial charge in [0.2, 0.25) is 0 Å². The predicted octanol–water partition coefficient (Wildman–Crippen LogP) is 4.85. The zero-order valence-electron chi connectivity index (χ0n) is 24.0. The van der Waals surface area contributed by atoms with E-state index in [2.05, 4.69) is 14.8 Å². The van der Waals surface area contributed by atoms with Crippen molar-refractivity contribution in [2.24, 2.45) is 14.1 Å². The Morgan fingerprint density at radius 1 is 1.15 bits per heavy atom. The first kappa shape index (κ1) is 27.4. The van der Waals surface area contributed by atoms with Gasteiger partial charge in [-0.15, -0.1) is 0 Å². The van der Waals surface area contributed by atoms with Gasteiger partial charge in [0.1, 0.15) is 17.1 Å². The van der Waals surface area contributed by atoms with Crippen LogP contribution >= 0.6 is 0 Å². The summed E-state index contributed by atoms with van der Waals surface area (Å²) < 4.78 is 17.1. The minimum atomic E-state index is -0.617. The van der Waals surface area contributed by atoms with Crippen LogP contribution in [0.4, 0.5) is 10.6 Å². The lowest BCUT2D eigenvalue weighted by Gasteiger charge is -2.29. The van der Waals surface area contributed by atoms with E-state index in [-0.39, 0.29) is 17.7 Å². The summed E-state index contributed by atoms with van der Waals surface area (Å²) in [6.07, 6.45) is 10.0. The van der Waals surface area contributed by atoms with E-state index in [1.54, 1.807) is 36.4 Å². The molecule has 0 unspecified atom stereocenters. The lowest BCUT2D eigenvalue weighted by molar-refractivity contribution is 0.0581. The van der Waals surface area contributed by atoms with Crippen molar-refractivity contribution in [3.8, 4) is 17.0 Å². The van der Waals surface area contributed by atoms with Gasteiger partial charge in [-0.25, -0.2) is 9.78 Å². The van der Waals surface area contributed by atoms with Crippen LogP contribution in [-0.4, -0.2) is 53.5 Å². The molecule has 0 N–H and O–H groups in total. The molecule has 5 rings (SSSR count). The van der Waals surface area contributed by atoms with Gasteiger partial charge in [-0.3, -0.25) is 19.1 Å². The van der Waals surface area contributed by atoms with Crippen LogP contribution in [0, 0.1) is 0 Å². The first-order valence-corrected chi connectivity index (χ1v) is 13.7. The molecule has 40 heavy (non-hydrogen) atoms. The molecular formula is C29H37N7O4. The maximum Gasteiger partial charge on any atom is 0.415 e. The number of carbonyl (C=O) groups is 1. The highest BCUT2D eigenvalue weighted by Crippen LogP contribution is 2.36. The van der Waals surface area contributed by atoms with Gasteiger partial charge in [0, 0.05) is 56.2 Å². The Hall–Kier alpha value is -4.15. The molecule has 1 amide bonds. The number of fused-ring (bicyclic) bond motifs is 1. The second kappa shape index (κ2) is 10.8. The van der Waals surface area contributed by atoms with Gasteiger partial charge < -0.3 is 14.0 Å². The summed E-state index contributed by atoms with van der Waals surface area (Å²) in [6, 6.07) is 5.60. The fraction of sp³-hybridized carbons (Fsp3) is 0.483. The average Bonchev–Trinajstić information content (AvgIpc) is 3.50. The highest BCUT2D eigenvalue weighted by atomic mass is 16.6. The Morgan fingerprint density at radius 2 is 1.90 bits per heavy atom. The van der Waals surface area contributed by atoms with Crippen LogP contribution in [0.1, 0.15) is 59.4 Å². The summed E-state index contributed by atoms with van der Waals surface area (Å²) in [6.45, 7) is 7.86. The van der Waals surface area contributed by atoms with Crippen molar-refractivity contribution in [2.45, 2.75) is 71.1 Å². The number of hydrogen-bond acceptors (Lipinski definition) is 7. The maximum atomic E-state index is 13.0. The van der Waals surface area contributed by atoms with Crippen molar-refractivity contribution < 1.29 is 14.3 Å². The molecule has 4 heterocycles. The number of amides is 1. The molecule has 0 bridgehead atoms. The second-order valence-electron chi connectivity index (χ2n) is 11.3. The molecule has 1 saturated carbocycles. The van der Waals surface area contributed by atoms with Gasteiger partial charge >= 0.3 is 6.09 Å². The molecule has 0 aliphatic heterocycles. The van der Waals surface area contributed by atoms with Crippen molar-refractivity contribution in [1.29, 1.82) is 0 Å². The third-order valence-electron chi connectivity index (χ3n) is 7.13. The zero-order valence-corrected chi connectivity index (χ0v) is 24.0. The molecule has 11 nitrogen and oxygen atoms in total. The number of nitrogens with zero attached hydrogens (tertiary/aromatic N) is 7. The number of pyridine rings is 2. The normalized spacial score (nSPS) is 17.6. The SMILES string of the molecule is CCN(C(=O)OC(C)(C)C)c1cc2c(cn1)c(-c1cnn(C)c1)nn2[C@H]1CC[C@@H](Oc2cccn(C)c2=O)CC1. The largest absolute Gasteiger partial charge is 0.485 e. The molecular weight excluding hydrogens is 510 g/mol. The monoisotopic (exact) mass is 547 g/mol. The van der Waals surface area contributed by atoms with Crippen LogP contribution in [-0.2, 0) is 18.8 Å². The van der Waals surface area contributed by atoms with Crippen molar-refractivity contribution in [3.05, 3.63) is 53.3 Å². The van der Waals surface area contributed by atoms with Crippen molar-refractivity contribution in [1.82, 2.24) is 29.1 Å². The fourth-order valence-electron chi connectivity index (χ4n) is 5.16. The first-order chi connectivity index (χ1) is 19.0. The van der Waals surface area contributed by atoms with Gasteiger partial charge in [-0.1, -0.05) is 0 Å². The molecule has 1 aliphatic carbocycles. The average molecular weight is 548 g/mol. The summed E-state index contributed by atoms with van der Waals surface area (Å²) in [5.74, 6) is 0.898. The van der Waals surface area contributed by atoms with Crippen molar-refractivity contribution in [2.75, 3.05) is 11.4 Å². The van der Waals surface area contributed by atoms with E-state index < -0.39 is 11.7 Å². The van der Waals surface area contributed by atoms with Crippen LogP contribution in [0.15, 0.2) is 47.8 Å². The number of hydrogen-bond donors (Lipinski definition) is 0. The van der Waals surface area contributed by atoms with Crippen molar-refractivity contribution in [3.63, 3.8) is 0 Å². The standard InChI is InChI=1S/C29H37N7O4/c1-7-35(28(38)40-29(2,3)4)25-15-23-22(17-30-25)26(19-16-31-34(6)18-19)32-36(23)20-10-12-21(13-11-20)39-24-9-8-14-33(5)27(24)37/h8-9,14-18,20-21H,7,10-13H2,1-6H3/t20-,21+. The highest BCUT2D eigenvalue weighted by Gasteiger charge is 2.29. The molecule has 212 valence electrons. The Kier molecular flexibility index (Phi) is 7.39. The van der Waals surface area contributed by atoms with E-state index in [9.17, 15) is 9.59 Å². The topological polar surface area (TPSA) is 109 Å². The van der Waals surface area contributed by atoms with E-state index in [4.69, 9.17) is 14.6 Å². The smallest absolute Gasteiger partial charge is 0.415 e. The quantitative estimate of drug-likeness (QED) is 0.339. The minimum Gasteiger partial charge on any atom is -0.485 e. The molecule has 0 atom stereocenters. The van der Waals surface area contributed by atoms with Crippen LogP contribution in [0.2, 0.25) is 0 Å². The van der Waals surface area contributed by atoms with Gasteiger partial charge in [0.25, 0.3) is 5.56 Å². The Balaban J connectivity index is 1.46. The number of aromatic nitrogens is 6. The highest BCUT2D eigenvalue weighted by molar-refractivity contribution is 5.96. The number of aryl methyl sites for hydroxylation is 2. The van der Waals surface area contributed by atoms with Gasteiger partial charge in [-0.2, -0.15) is 10.2 Å². The van der Waals surface area contributed by atoms with E-state index in [0.717, 1.165) is 47.8 Å². The molecule has 0 saturated heterocycles. The number of ether oxygens (including phenoxy) is 2. The van der Waals surface area contributed by atoms with Crippen LogP contribution in [0.5, 0.6) is 5.75 Å². The third-order valence-corrected chi connectivity index (χ3v) is 7.13. The molecule has 0 spiro atoms. The van der Waals surface area contributed by atoms with E-state index in [0.29, 0.717) is 18.1 Å². The Bertz CT molecular complexity index is 1570. The van der Waals surface area contributed by atoms with Crippen LogP contribution in [0.3, 0.4) is 0 Å². The summed E-state index contributed by atoms with van der Waals surface area (Å²) in [5, 5.41) is 10.3. The molecule has 0 radical (unpaired) electrons. The van der Waals surface area contributed by atoms with Gasteiger partial charge in [0.05, 0.1) is 23.9 Å². The van der Waals surface area contributed by atoms with Gasteiger partial charge in [-0.05, 0) is 65.5 Å². The first-order valence-electron chi connectivity index (χ1n) is 13.7. The summed E-state index contributed by atoms with van der Waals surface area (Å²) >= 11 is 0. The summed E-state index contributed by atoms with van der Waals surface area (Å²) in [7, 11) is 3.60. The maximum absolute atomic E-state index is 13.0. The molecule has 4 aromatic heterocycles. The predicted molar refractivity (Wildman–Crippen MR) is 153 cm³/mol. The number of rotatable bonds is 6. The van der Waals surface area contributed by atoms with E-state index >= 15 is 0 Å². The van der Waals surface area contributed by atoms with E-state index in [1.165, 1.54) is 9.47 Å².